The van der Waals surface area contributed by atoms with Crippen LogP contribution in [0.4, 0.5) is 14.5 Å². The van der Waals surface area contributed by atoms with Crippen LogP contribution in [0.25, 0.3) is 21.8 Å². The summed E-state index contributed by atoms with van der Waals surface area (Å²) in [6, 6.07) is 9.36. The molecule has 0 saturated carbocycles. The van der Waals surface area contributed by atoms with Gasteiger partial charge in [-0.1, -0.05) is 0 Å². The van der Waals surface area contributed by atoms with Gasteiger partial charge in [0.1, 0.15) is 18.2 Å². The quantitative estimate of drug-likeness (QED) is 0.594. The molecule has 0 fully saturated rings. The standard InChI is InChI=1S/C18H12F2N4O2/c19-10-1-4-12(5-2-10)22-16(25)9-24-18(26)14-8-21-15-6-3-11(20)7-13(15)17(14)23-24/h1-8,23H,9H2,(H,22,25). The Labute approximate surface area is 145 Å². The fraction of sp³-hybridized carbons (Fsp3) is 0.0556. The van der Waals surface area contributed by atoms with Crippen molar-refractivity contribution in [3.05, 3.63) is 70.6 Å². The van der Waals surface area contributed by atoms with Crippen LogP contribution in [0.15, 0.2) is 53.5 Å². The minimum atomic E-state index is -0.464. The molecular formula is C18H12F2N4O2. The zero-order valence-electron chi connectivity index (χ0n) is 13.3. The van der Waals surface area contributed by atoms with Crippen molar-refractivity contribution in [3.63, 3.8) is 0 Å². The normalized spacial score (nSPS) is 11.2. The Morgan fingerprint density at radius 2 is 1.81 bits per heavy atom. The molecule has 0 unspecified atom stereocenters. The molecule has 8 heteroatoms. The van der Waals surface area contributed by atoms with Crippen LogP contribution in [0.3, 0.4) is 0 Å². The number of hydrogen-bond acceptors (Lipinski definition) is 3. The molecule has 0 radical (unpaired) electrons. The van der Waals surface area contributed by atoms with Crippen molar-refractivity contribution in [3.8, 4) is 0 Å². The molecule has 0 bridgehead atoms. The summed E-state index contributed by atoms with van der Waals surface area (Å²) in [4.78, 5) is 28.8. The van der Waals surface area contributed by atoms with Gasteiger partial charge in [0.05, 0.1) is 16.4 Å². The first-order valence-corrected chi connectivity index (χ1v) is 7.73. The van der Waals surface area contributed by atoms with Crippen molar-refractivity contribution in [2.24, 2.45) is 0 Å². The summed E-state index contributed by atoms with van der Waals surface area (Å²) in [6.45, 7) is -0.276. The summed E-state index contributed by atoms with van der Waals surface area (Å²) in [5.41, 5.74) is 0.916. The van der Waals surface area contributed by atoms with Crippen LogP contribution < -0.4 is 10.9 Å². The molecule has 26 heavy (non-hydrogen) atoms. The summed E-state index contributed by atoms with van der Waals surface area (Å²) in [5, 5.41) is 6.13. The molecule has 2 heterocycles. The van der Waals surface area contributed by atoms with Crippen molar-refractivity contribution in [1.82, 2.24) is 14.8 Å². The third-order valence-corrected chi connectivity index (χ3v) is 3.98. The monoisotopic (exact) mass is 354 g/mol. The van der Waals surface area contributed by atoms with Gasteiger partial charge in [0.2, 0.25) is 5.91 Å². The number of carbonyl (C=O) groups excluding carboxylic acids is 1. The fourth-order valence-electron chi connectivity index (χ4n) is 2.77. The fourth-order valence-corrected chi connectivity index (χ4v) is 2.77. The van der Waals surface area contributed by atoms with Crippen molar-refractivity contribution in [1.29, 1.82) is 0 Å². The van der Waals surface area contributed by atoms with Gasteiger partial charge in [0.15, 0.2) is 0 Å². The van der Waals surface area contributed by atoms with Gasteiger partial charge < -0.3 is 5.32 Å². The van der Waals surface area contributed by atoms with Gasteiger partial charge in [0, 0.05) is 17.3 Å². The molecule has 130 valence electrons. The number of aromatic amines is 1. The highest BCUT2D eigenvalue weighted by Crippen LogP contribution is 2.20. The third-order valence-electron chi connectivity index (χ3n) is 3.98. The lowest BCUT2D eigenvalue weighted by Gasteiger charge is -2.05. The van der Waals surface area contributed by atoms with Crippen LogP contribution in [-0.4, -0.2) is 20.7 Å². The highest BCUT2D eigenvalue weighted by molar-refractivity contribution is 6.02. The SMILES string of the molecule is O=C(Cn1[nH]c2c(cnc3ccc(F)cc32)c1=O)Nc1ccc(F)cc1. The molecule has 0 saturated heterocycles. The summed E-state index contributed by atoms with van der Waals surface area (Å²) in [5.74, 6) is -1.33. The molecule has 4 rings (SSSR count). The topological polar surface area (TPSA) is 79.8 Å². The molecule has 0 aliphatic heterocycles. The van der Waals surface area contributed by atoms with E-state index in [1.807, 2.05) is 0 Å². The lowest BCUT2D eigenvalue weighted by Crippen LogP contribution is -2.26. The largest absolute Gasteiger partial charge is 0.324 e. The van der Waals surface area contributed by atoms with E-state index in [0.717, 1.165) is 4.68 Å². The predicted molar refractivity (Wildman–Crippen MR) is 92.8 cm³/mol. The number of anilines is 1. The molecule has 4 aromatic rings. The van der Waals surface area contributed by atoms with Crippen LogP contribution in [0.2, 0.25) is 0 Å². The van der Waals surface area contributed by atoms with Crippen molar-refractivity contribution < 1.29 is 13.6 Å². The second-order valence-electron chi connectivity index (χ2n) is 5.77. The van der Waals surface area contributed by atoms with Crippen LogP contribution in [0.1, 0.15) is 0 Å². The number of rotatable bonds is 3. The number of benzene rings is 2. The van der Waals surface area contributed by atoms with E-state index in [2.05, 4.69) is 15.4 Å². The first-order valence-electron chi connectivity index (χ1n) is 7.73. The molecular weight excluding hydrogens is 342 g/mol. The number of nitrogens with zero attached hydrogens (tertiary/aromatic N) is 2. The maximum absolute atomic E-state index is 13.5. The Balaban J connectivity index is 1.68. The van der Waals surface area contributed by atoms with Gasteiger partial charge in [-0.2, -0.15) is 0 Å². The molecule has 0 atom stereocenters. The highest BCUT2D eigenvalue weighted by atomic mass is 19.1. The van der Waals surface area contributed by atoms with Gasteiger partial charge in [-0.15, -0.1) is 0 Å². The first-order chi connectivity index (χ1) is 12.5. The number of hydrogen-bond donors (Lipinski definition) is 2. The van der Waals surface area contributed by atoms with E-state index in [0.29, 0.717) is 22.1 Å². The average Bonchev–Trinajstić information content (AvgIpc) is 2.93. The maximum Gasteiger partial charge on any atom is 0.276 e. The number of pyridine rings is 1. The predicted octanol–water partition coefficient (Wildman–Crippen LogP) is 2.79. The van der Waals surface area contributed by atoms with Gasteiger partial charge in [0.25, 0.3) is 5.56 Å². The second kappa shape index (κ2) is 6.07. The molecule has 2 N–H and O–H groups in total. The molecule has 2 aromatic carbocycles. The van der Waals surface area contributed by atoms with Crippen LogP contribution in [-0.2, 0) is 11.3 Å². The minimum Gasteiger partial charge on any atom is -0.324 e. The van der Waals surface area contributed by atoms with Gasteiger partial charge >= 0.3 is 0 Å². The highest BCUT2D eigenvalue weighted by Gasteiger charge is 2.13. The molecule has 1 amide bonds. The number of carbonyl (C=O) groups is 1. The summed E-state index contributed by atoms with van der Waals surface area (Å²) in [7, 11) is 0. The zero-order valence-corrected chi connectivity index (χ0v) is 13.3. The minimum absolute atomic E-state index is 0.262. The molecule has 6 nitrogen and oxygen atoms in total. The molecule has 0 aliphatic rings. The van der Waals surface area contributed by atoms with E-state index in [-0.39, 0.29) is 11.9 Å². The van der Waals surface area contributed by atoms with E-state index in [9.17, 15) is 18.4 Å². The van der Waals surface area contributed by atoms with E-state index < -0.39 is 23.1 Å². The van der Waals surface area contributed by atoms with Crippen molar-refractivity contribution >= 4 is 33.4 Å². The average molecular weight is 354 g/mol. The van der Waals surface area contributed by atoms with E-state index in [1.165, 1.54) is 48.7 Å². The van der Waals surface area contributed by atoms with Gasteiger partial charge in [-0.25, -0.2) is 13.5 Å². The van der Waals surface area contributed by atoms with Crippen LogP contribution in [0, 0.1) is 11.6 Å². The Kier molecular flexibility index (Phi) is 3.72. The first kappa shape index (κ1) is 15.9. The smallest absolute Gasteiger partial charge is 0.276 e. The van der Waals surface area contributed by atoms with Crippen molar-refractivity contribution in [2.45, 2.75) is 6.54 Å². The lowest BCUT2D eigenvalue weighted by atomic mass is 10.2. The number of H-pyrrole nitrogens is 1. The molecule has 2 aromatic heterocycles. The Hall–Kier alpha value is -3.55. The third kappa shape index (κ3) is 2.81. The number of amides is 1. The lowest BCUT2D eigenvalue weighted by molar-refractivity contribution is -0.116. The number of halogens is 2. The summed E-state index contributed by atoms with van der Waals surface area (Å²) >= 11 is 0. The molecule has 0 spiro atoms. The van der Waals surface area contributed by atoms with Gasteiger partial charge in [-0.3, -0.25) is 19.7 Å². The van der Waals surface area contributed by atoms with Gasteiger partial charge in [-0.05, 0) is 42.5 Å². The van der Waals surface area contributed by atoms with E-state index in [4.69, 9.17) is 0 Å². The summed E-state index contributed by atoms with van der Waals surface area (Å²) in [6.07, 6.45) is 1.39. The van der Waals surface area contributed by atoms with E-state index in [1.54, 1.807) is 0 Å². The second-order valence-corrected chi connectivity index (χ2v) is 5.77. The number of aromatic nitrogens is 3. The van der Waals surface area contributed by atoms with Crippen LogP contribution >= 0.6 is 0 Å². The maximum atomic E-state index is 13.5. The Bertz CT molecular complexity index is 1200. The summed E-state index contributed by atoms with van der Waals surface area (Å²) < 4.78 is 27.6. The Morgan fingerprint density at radius 1 is 1.08 bits per heavy atom. The Morgan fingerprint density at radius 3 is 2.58 bits per heavy atom. The molecule has 0 aliphatic carbocycles. The number of fused-ring (bicyclic) bond motifs is 3. The van der Waals surface area contributed by atoms with E-state index >= 15 is 0 Å². The number of nitrogens with one attached hydrogen (secondary N) is 2. The van der Waals surface area contributed by atoms with Crippen molar-refractivity contribution in [2.75, 3.05) is 5.32 Å². The van der Waals surface area contributed by atoms with Crippen LogP contribution in [0.5, 0.6) is 0 Å². The zero-order chi connectivity index (χ0) is 18.3.